The van der Waals surface area contributed by atoms with Gasteiger partial charge >= 0.3 is 29.6 Å². The van der Waals surface area contributed by atoms with Gasteiger partial charge in [0, 0.05) is 14.7 Å². The van der Waals surface area contributed by atoms with Crippen LogP contribution in [0.5, 0.6) is 0 Å². The molecule has 0 aliphatic heterocycles. The molecule has 0 amide bonds. The number of benzene rings is 2. The van der Waals surface area contributed by atoms with Crippen molar-refractivity contribution in [3.63, 3.8) is 0 Å². The summed E-state index contributed by atoms with van der Waals surface area (Å²) >= 11 is 6.00. The molecule has 0 spiro atoms. The number of thiol groups is 1. The second-order valence-corrected chi connectivity index (χ2v) is 4.81. The molecule has 2 aromatic rings. The molecule has 0 aromatic heterocycles. The summed E-state index contributed by atoms with van der Waals surface area (Å²) < 4.78 is 0. The Labute approximate surface area is 133 Å². The van der Waals surface area contributed by atoms with Gasteiger partial charge in [-0.05, 0) is 30.3 Å². The third kappa shape index (κ3) is 4.09. The molecule has 4 heteroatoms. The van der Waals surface area contributed by atoms with Gasteiger partial charge in [-0.15, -0.1) is 12.6 Å². The van der Waals surface area contributed by atoms with Crippen molar-refractivity contribution in [2.24, 2.45) is 0 Å². The van der Waals surface area contributed by atoms with E-state index in [1.165, 1.54) is 0 Å². The average molecular weight is 267 g/mol. The number of hydrogen-bond acceptors (Lipinski definition) is 3. The Hall–Kier alpha value is -0.370. The van der Waals surface area contributed by atoms with Crippen LogP contribution in [-0.4, -0.2) is 29.6 Å². The van der Waals surface area contributed by atoms with Gasteiger partial charge in [0.2, 0.25) is 0 Å². The first-order chi connectivity index (χ1) is 7.79. The summed E-state index contributed by atoms with van der Waals surface area (Å²) in [5.41, 5.74) is 0.663. The van der Waals surface area contributed by atoms with E-state index >= 15 is 0 Å². The van der Waals surface area contributed by atoms with Crippen molar-refractivity contribution in [2.75, 3.05) is 0 Å². The minimum absolute atomic E-state index is 0. The maximum atomic E-state index is 8.83. The van der Waals surface area contributed by atoms with E-state index < -0.39 is 0 Å². The van der Waals surface area contributed by atoms with Crippen LogP contribution in [0.15, 0.2) is 63.2 Å². The van der Waals surface area contributed by atoms with Gasteiger partial charge in [-0.3, -0.25) is 0 Å². The molecule has 0 N–H and O–H groups in total. The van der Waals surface area contributed by atoms with E-state index in [-0.39, 0.29) is 29.6 Å². The van der Waals surface area contributed by atoms with Crippen molar-refractivity contribution in [1.29, 1.82) is 5.26 Å². The summed E-state index contributed by atoms with van der Waals surface area (Å²) in [4.78, 5) is 3.05. The molecule has 0 fully saturated rings. The molecule has 0 aliphatic rings. The number of rotatable bonds is 2. The zero-order valence-corrected chi connectivity index (χ0v) is 10.1. The Morgan fingerprint density at radius 1 is 1.06 bits per heavy atom. The molecule has 0 bridgehead atoms. The molecular weight excluding hydrogens is 257 g/mol. The SMILES string of the molecule is N#Cc1ccc(S)c(Sc2ccccc2)c1.[NaH]. The molecule has 0 unspecified atom stereocenters. The van der Waals surface area contributed by atoms with E-state index in [2.05, 4.69) is 18.7 Å². The Morgan fingerprint density at radius 2 is 1.76 bits per heavy atom. The van der Waals surface area contributed by atoms with Gasteiger partial charge in [0.15, 0.2) is 0 Å². The van der Waals surface area contributed by atoms with E-state index in [1.807, 2.05) is 42.5 Å². The van der Waals surface area contributed by atoms with Crippen LogP contribution in [0.3, 0.4) is 0 Å². The summed E-state index contributed by atoms with van der Waals surface area (Å²) in [6, 6.07) is 17.7. The monoisotopic (exact) mass is 267 g/mol. The van der Waals surface area contributed by atoms with E-state index in [9.17, 15) is 0 Å². The summed E-state index contributed by atoms with van der Waals surface area (Å²) in [5.74, 6) is 0. The van der Waals surface area contributed by atoms with E-state index in [0.29, 0.717) is 5.56 Å². The molecule has 2 aromatic carbocycles. The fraction of sp³-hybridized carbons (Fsp3) is 0. The third-order valence-electron chi connectivity index (χ3n) is 2.06. The second-order valence-electron chi connectivity index (χ2n) is 3.21. The van der Waals surface area contributed by atoms with Gasteiger partial charge in [0.05, 0.1) is 11.6 Å². The summed E-state index contributed by atoms with van der Waals surface area (Å²) in [5, 5.41) is 8.83. The van der Waals surface area contributed by atoms with Gasteiger partial charge in [-0.2, -0.15) is 5.26 Å². The molecule has 0 saturated heterocycles. The van der Waals surface area contributed by atoms with Crippen molar-refractivity contribution in [3.8, 4) is 6.07 Å². The van der Waals surface area contributed by atoms with Crippen LogP contribution in [0.4, 0.5) is 0 Å². The Kier molecular flexibility index (Phi) is 6.18. The van der Waals surface area contributed by atoms with E-state index in [0.717, 1.165) is 14.7 Å². The van der Waals surface area contributed by atoms with Crippen molar-refractivity contribution in [2.45, 2.75) is 14.7 Å². The van der Waals surface area contributed by atoms with Crippen LogP contribution in [-0.2, 0) is 0 Å². The van der Waals surface area contributed by atoms with Crippen LogP contribution in [0.2, 0.25) is 0 Å². The Morgan fingerprint density at radius 3 is 2.41 bits per heavy atom. The normalized spacial score (nSPS) is 9.18. The van der Waals surface area contributed by atoms with Gasteiger partial charge < -0.3 is 0 Å². The zero-order chi connectivity index (χ0) is 11.4. The first-order valence-corrected chi connectivity index (χ1v) is 6.02. The maximum absolute atomic E-state index is 8.83. The second kappa shape index (κ2) is 7.15. The minimum atomic E-state index is 0. The molecule has 0 atom stereocenters. The van der Waals surface area contributed by atoms with E-state index in [1.54, 1.807) is 17.8 Å². The molecule has 2 rings (SSSR count). The van der Waals surface area contributed by atoms with Crippen molar-refractivity contribution in [3.05, 3.63) is 54.1 Å². The topological polar surface area (TPSA) is 23.8 Å². The first kappa shape index (κ1) is 14.7. The van der Waals surface area contributed by atoms with Crippen LogP contribution >= 0.6 is 24.4 Å². The van der Waals surface area contributed by atoms with E-state index in [4.69, 9.17) is 5.26 Å². The van der Waals surface area contributed by atoms with Crippen molar-refractivity contribution in [1.82, 2.24) is 0 Å². The molecule has 17 heavy (non-hydrogen) atoms. The summed E-state index contributed by atoms with van der Waals surface area (Å²) in [6.45, 7) is 0. The Balaban J connectivity index is 0.00000144. The van der Waals surface area contributed by atoms with Crippen molar-refractivity contribution >= 4 is 53.9 Å². The van der Waals surface area contributed by atoms with Crippen LogP contribution in [0, 0.1) is 11.3 Å². The quantitative estimate of drug-likeness (QED) is 0.666. The number of nitrogens with zero attached hydrogens (tertiary/aromatic N) is 1. The fourth-order valence-corrected chi connectivity index (χ4v) is 2.46. The fourth-order valence-electron chi connectivity index (χ4n) is 1.28. The third-order valence-corrected chi connectivity index (χ3v) is 3.67. The van der Waals surface area contributed by atoms with Gasteiger partial charge in [0.1, 0.15) is 0 Å². The average Bonchev–Trinajstić information content (AvgIpc) is 2.33. The molecule has 80 valence electrons. The zero-order valence-electron chi connectivity index (χ0n) is 8.42. The molecule has 0 aliphatic carbocycles. The standard InChI is InChI=1S/C13H9NS2.Na.H/c14-9-10-6-7-12(15)13(8-10)16-11-4-2-1-3-5-11;;/h1-8,15H;;. The van der Waals surface area contributed by atoms with Crippen LogP contribution < -0.4 is 0 Å². The first-order valence-electron chi connectivity index (χ1n) is 4.75. The van der Waals surface area contributed by atoms with Gasteiger partial charge in [-0.1, -0.05) is 30.0 Å². The molecule has 1 nitrogen and oxygen atoms in total. The molecule has 0 radical (unpaired) electrons. The number of nitriles is 1. The van der Waals surface area contributed by atoms with Crippen LogP contribution in [0.1, 0.15) is 5.56 Å². The molecule has 0 heterocycles. The van der Waals surface area contributed by atoms with Crippen molar-refractivity contribution < 1.29 is 0 Å². The number of hydrogen-bond donors (Lipinski definition) is 1. The molecule has 0 saturated carbocycles. The predicted molar refractivity (Wildman–Crippen MR) is 76.1 cm³/mol. The van der Waals surface area contributed by atoms with Gasteiger partial charge in [-0.25, -0.2) is 0 Å². The van der Waals surface area contributed by atoms with Gasteiger partial charge in [0.25, 0.3) is 0 Å². The Bertz CT molecular complexity index is 535. The predicted octanol–water partition coefficient (Wildman–Crippen LogP) is 3.35. The summed E-state index contributed by atoms with van der Waals surface area (Å²) in [7, 11) is 0. The van der Waals surface area contributed by atoms with Crippen LogP contribution in [0.25, 0.3) is 0 Å². The summed E-state index contributed by atoms with van der Waals surface area (Å²) in [6.07, 6.45) is 0. The molecular formula is C13H10NNaS2.